The van der Waals surface area contributed by atoms with Crippen LogP contribution in [0.15, 0.2) is 34.4 Å². The lowest BCUT2D eigenvalue weighted by molar-refractivity contribution is 0.311. The molecular formula is C25H27FN6O2. The molecule has 0 radical (unpaired) electrons. The van der Waals surface area contributed by atoms with Crippen molar-refractivity contribution in [2.45, 2.75) is 32.1 Å². The molecule has 0 spiro atoms. The van der Waals surface area contributed by atoms with E-state index in [2.05, 4.69) is 37.3 Å². The van der Waals surface area contributed by atoms with Gasteiger partial charge in [0, 0.05) is 50.3 Å². The van der Waals surface area contributed by atoms with Crippen LogP contribution in [0.1, 0.15) is 42.5 Å². The number of piperazine rings is 1. The van der Waals surface area contributed by atoms with Crippen LogP contribution in [0.5, 0.6) is 11.8 Å². The predicted molar refractivity (Wildman–Crippen MR) is 127 cm³/mol. The summed E-state index contributed by atoms with van der Waals surface area (Å²) in [6.45, 7) is 5.57. The van der Waals surface area contributed by atoms with Gasteiger partial charge >= 0.3 is 6.01 Å². The van der Waals surface area contributed by atoms with Crippen LogP contribution in [-0.2, 0) is 6.42 Å². The minimum Gasteiger partial charge on any atom is -0.424 e. The van der Waals surface area contributed by atoms with Crippen molar-refractivity contribution < 1.29 is 13.7 Å². The monoisotopic (exact) mass is 462 g/mol. The molecule has 176 valence electrons. The summed E-state index contributed by atoms with van der Waals surface area (Å²) in [6.07, 6.45) is 4.92. The van der Waals surface area contributed by atoms with Gasteiger partial charge < -0.3 is 24.4 Å². The van der Waals surface area contributed by atoms with Gasteiger partial charge in [0.05, 0.1) is 5.69 Å². The average molecular weight is 463 g/mol. The van der Waals surface area contributed by atoms with Gasteiger partial charge in [-0.25, -0.2) is 4.39 Å². The highest BCUT2D eigenvalue weighted by Crippen LogP contribution is 2.40. The number of likely N-dealkylation sites (N-methyl/N-ethyl adjacent to an activating group) is 1. The lowest BCUT2D eigenvalue weighted by atomic mass is 10.1. The number of allylic oxidation sites excluding steroid dienone is 1. The number of aromatic nitrogens is 3. The maximum absolute atomic E-state index is 14.7. The summed E-state index contributed by atoms with van der Waals surface area (Å²) in [5.41, 5.74) is 3.64. The number of rotatable bonds is 6. The number of hydrogen-bond donors (Lipinski definition) is 1. The molecule has 0 bridgehead atoms. The van der Waals surface area contributed by atoms with Crippen LogP contribution in [0.25, 0.3) is 6.08 Å². The molecule has 1 aliphatic heterocycles. The first kappa shape index (κ1) is 21.1. The zero-order valence-electron chi connectivity index (χ0n) is 19.3. The van der Waals surface area contributed by atoms with Crippen LogP contribution in [-0.4, -0.2) is 53.3 Å². The fourth-order valence-electron chi connectivity index (χ4n) is 4.47. The number of nitrogens with zero attached hydrogens (tertiary/aromatic N) is 5. The zero-order chi connectivity index (χ0) is 23.2. The highest BCUT2D eigenvalue weighted by molar-refractivity contribution is 5.65. The largest absolute Gasteiger partial charge is 0.424 e. The topological polar surface area (TPSA) is 79.5 Å². The van der Waals surface area contributed by atoms with E-state index in [1.54, 1.807) is 0 Å². The summed E-state index contributed by atoms with van der Waals surface area (Å²) in [6, 6.07) is 7.20. The number of nitrogens with one attached hydrogen (secondary N) is 1. The molecule has 0 atom stereocenters. The van der Waals surface area contributed by atoms with Gasteiger partial charge in [-0.15, -0.1) is 0 Å². The van der Waals surface area contributed by atoms with E-state index in [1.165, 1.54) is 6.07 Å². The van der Waals surface area contributed by atoms with E-state index >= 15 is 0 Å². The number of fused-ring (bicyclic) bond motifs is 1. The lowest BCUT2D eigenvalue weighted by Gasteiger charge is -2.33. The Balaban J connectivity index is 1.30. The van der Waals surface area contributed by atoms with Gasteiger partial charge in [0.1, 0.15) is 23.2 Å². The normalized spacial score (nSPS) is 18.1. The van der Waals surface area contributed by atoms with Gasteiger partial charge in [-0.1, -0.05) is 16.8 Å². The smallest absolute Gasteiger partial charge is 0.325 e. The molecule has 3 aliphatic rings. The summed E-state index contributed by atoms with van der Waals surface area (Å²) in [5.74, 6) is 2.41. The third-order valence-corrected chi connectivity index (χ3v) is 6.56. The number of halogens is 1. The van der Waals surface area contributed by atoms with Crippen LogP contribution in [0.3, 0.4) is 0 Å². The fraction of sp³-hybridized carbons (Fsp3) is 0.400. The van der Waals surface area contributed by atoms with Gasteiger partial charge in [0.15, 0.2) is 0 Å². The van der Waals surface area contributed by atoms with E-state index in [-0.39, 0.29) is 11.8 Å². The van der Waals surface area contributed by atoms with Crippen LogP contribution < -0.4 is 15.0 Å². The molecule has 9 heteroatoms. The molecule has 1 saturated heterocycles. The van der Waals surface area contributed by atoms with Crippen molar-refractivity contribution in [3.05, 3.63) is 52.5 Å². The van der Waals surface area contributed by atoms with Crippen LogP contribution in [0.2, 0.25) is 0 Å². The van der Waals surface area contributed by atoms with E-state index in [9.17, 15) is 4.39 Å². The number of hydrogen-bond acceptors (Lipinski definition) is 8. The van der Waals surface area contributed by atoms with Crippen LogP contribution >= 0.6 is 0 Å². The van der Waals surface area contributed by atoms with Crippen LogP contribution in [0.4, 0.5) is 21.9 Å². The van der Waals surface area contributed by atoms with E-state index in [1.807, 2.05) is 31.2 Å². The van der Waals surface area contributed by atoms with E-state index in [0.29, 0.717) is 35.4 Å². The molecule has 1 N–H and O–H groups in total. The van der Waals surface area contributed by atoms with Crippen molar-refractivity contribution in [2.24, 2.45) is 0 Å². The van der Waals surface area contributed by atoms with Gasteiger partial charge in [-0.3, -0.25) is 0 Å². The highest BCUT2D eigenvalue weighted by Gasteiger charge is 2.27. The van der Waals surface area contributed by atoms with E-state index < -0.39 is 0 Å². The second-order valence-corrected chi connectivity index (χ2v) is 9.44. The van der Waals surface area contributed by atoms with Crippen molar-refractivity contribution in [1.29, 1.82) is 0 Å². The number of benzene rings is 1. The molecular weight excluding hydrogens is 435 g/mol. The van der Waals surface area contributed by atoms with Gasteiger partial charge in [0.25, 0.3) is 0 Å². The Labute approximate surface area is 197 Å². The van der Waals surface area contributed by atoms with Gasteiger partial charge in [0.2, 0.25) is 5.88 Å². The highest BCUT2D eigenvalue weighted by atomic mass is 19.1. The van der Waals surface area contributed by atoms with Gasteiger partial charge in [-0.05, 0) is 50.4 Å². The van der Waals surface area contributed by atoms with Crippen LogP contribution in [0, 0.1) is 5.82 Å². The summed E-state index contributed by atoms with van der Waals surface area (Å²) >= 11 is 0. The van der Waals surface area contributed by atoms with Crippen molar-refractivity contribution in [2.75, 3.05) is 43.4 Å². The Morgan fingerprint density at radius 2 is 1.91 bits per heavy atom. The molecule has 6 rings (SSSR count). The Morgan fingerprint density at radius 3 is 2.71 bits per heavy atom. The third-order valence-electron chi connectivity index (χ3n) is 6.56. The first-order valence-electron chi connectivity index (χ1n) is 11.7. The standard InChI is InChI=1S/C25H27FN6O2/c1-15-9-17-11-18(12-20(26)19(17)10-15)33-25-28-22(27-24-13-21(30-34-24)16-3-4-16)14-23(29-25)32-7-5-31(2)6-8-32/h9,11-14,16H,3-8,10H2,1-2H3,(H,27,28,29). The van der Waals surface area contributed by atoms with Crippen molar-refractivity contribution in [1.82, 2.24) is 20.0 Å². The second-order valence-electron chi connectivity index (χ2n) is 9.44. The quantitative estimate of drug-likeness (QED) is 0.563. The SMILES string of the molecule is CC1=Cc2cc(Oc3nc(Nc4cc(C5CC5)no4)cc(N4CCN(C)CC4)n3)cc(F)c2C1. The Morgan fingerprint density at radius 1 is 1.09 bits per heavy atom. The van der Waals surface area contributed by atoms with E-state index in [0.717, 1.165) is 61.7 Å². The maximum atomic E-state index is 14.7. The molecule has 3 heterocycles. The predicted octanol–water partition coefficient (Wildman–Crippen LogP) is 4.73. The zero-order valence-corrected chi connectivity index (χ0v) is 19.3. The first-order chi connectivity index (χ1) is 16.5. The molecule has 2 fully saturated rings. The van der Waals surface area contributed by atoms with Crippen molar-refractivity contribution in [3.63, 3.8) is 0 Å². The van der Waals surface area contributed by atoms with Gasteiger partial charge in [-0.2, -0.15) is 9.97 Å². The minimum atomic E-state index is -0.275. The third kappa shape index (κ3) is 4.35. The molecule has 1 saturated carbocycles. The minimum absolute atomic E-state index is 0.152. The number of ether oxygens (including phenoxy) is 1. The molecule has 34 heavy (non-hydrogen) atoms. The summed E-state index contributed by atoms with van der Waals surface area (Å²) in [4.78, 5) is 13.7. The molecule has 2 aromatic heterocycles. The Kier molecular flexibility index (Phi) is 5.21. The Hall–Kier alpha value is -3.46. The molecule has 1 aromatic carbocycles. The first-order valence-corrected chi connectivity index (χ1v) is 11.7. The summed E-state index contributed by atoms with van der Waals surface area (Å²) in [5, 5.41) is 7.36. The summed E-state index contributed by atoms with van der Waals surface area (Å²) in [7, 11) is 2.11. The van der Waals surface area contributed by atoms with E-state index in [4.69, 9.17) is 9.26 Å². The number of anilines is 3. The molecule has 8 nitrogen and oxygen atoms in total. The Bertz CT molecular complexity index is 1260. The fourth-order valence-corrected chi connectivity index (χ4v) is 4.47. The molecule has 0 unspecified atom stereocenters. The van der Waals surface area contributed by atoms with Crippen molar-refractivity contribution >= 4 is 23.6 Å². The molecule has 3 aromatic rings. The lowest BCUT2D eigenvalue weighted by Crippen LogP contribution is -2.44. The second kappa shape index (κ2) is 8.39. The molecule has 2 aliphatic carbocycles. The average Bonchev–Trinajstić information content (AvgIpc) is 3.43. The summed E-state index contributed by atoms with van der Waals surface area (Å²) < 4.78 is 26.1. The molecule has 0 amide bonds. The maximum Gasteiger partial charge on any atom is 0.325 e. The van der Waals surface area contributed by atoms with Crippen molar-refractivity contribution in [3.8, 4) is 11.8 Å².